The standard InChI is InChI=1S/C18H36NO4P/c1-5-8-10-12-14-16(4)19(7-3)17(20)18(22-24(21)23-18)15-13-11-9-6-2/h16,24H,5-15H2,1-4H3. The average molecular weight is 361 g/mol. The molecule has 24 heavy (non-hydrogen) atoms. The van der Waals surface area contributed by atoms with Crippen molar-refractivity contribution in [3.8, 4) is 0 Å². The lowest BCUT2D eigenvalue weighted by Crippen LogP contribution is -2.56. The highest BCUT2D eigenvalue weighted by atomic mass is 31.1. The third-order valence-corrected chi connectivity index (χ3v) is 5.78. The molecule has 0 aliphatic carbocycles. The van der Waals surface area contributed by atoms with E-state index in [-0.39, 0.29) is 11.9 Å². The minimum absolute atomic E-state index is 0.144. The van der Waals surface area contributed by atoms with Gasteiger partial charge in [0.2, 0.25) is 0 Å². The zero-order valence-corrected chi connectivity index (χ0v) is 16.9. The highest BCUT2D eigenvalue weighted by molar-refractivity contribution is 7.34. The first-order chi connectivity index (χ1) is 11.5. The van der Waals surface area contributed by atoms with Crippen LogP contribution in [0.15, 0.2) is 0 Å². The van der Waals surface area contributed by atoms with Crippen LogP contribution in [0.4, 0.5) is 0 Å². The quantitative estimate of drug-likeness (QED) is 0.330. The fourth-order valence-corrected chi connectivity index (χ4v) is 4.19. The van der Waals surface area contributed by atoms with E-state index < -0.39 is 14.0 Å². The summed E-state index contributed by atoms with van der Waals surface area (Å²) in [4.78, 5) is 14.8. The number of nitrogens with zero attached hydrogens (tertiary/aromatic N) is 1. The number of carbonyl (C=O) groups excluding carboxylic acids is 1. The second-order valence-electron chi connectivity index (χ2n) is 6.81. The minimum atomic E-state index is -2.47. The van der Waals surface area contributed by atoms with Crippen molar-refractivity contribution >= 4 is 14.2 Å². The first-order valence-corrected chi connectivity index (χ1v) is 11.0. The first kappa shape index (κ1) is 21.7. The highest BCUT2D eigenvalue weighted by Crippen LogP contribution is 2.51. The maximum absolute atomic E-state index is 13.0. The Kier molecular flexibility index (Phi) is 10.2. The lowest BCUT2D eigenvalue weighted by Gasteiger charge is -2.43. The smallest absolute Gasteiger partial charge is 0.325 e. The molecule has 1 fully saturated rings. The van der Waals surface area contributed by atoms with Crippen LogP contribution in [0.5, 0.6) is 0 Å². The predicted molar refractivity (Wildman–Crippen MR) is 98.3 cm³/mol. The molecular formula is C18H36NO4P. The summed E-state index contributed by atoms with van der Waals surface area (Å²) in [7, 11) is -2.47. The Bertz CT molecular complexity index is 394. The van der Waals surface area contributed by atoms with E-state index >= 15 is 0 Å². The van der Waals surface area contributed by atoms with Crippen molar-refractivity contribution in [3.63, 3.8) is 0 Å². The summed E-state index contributed by atoms with van der Waals surface area (Å²) in [6, 6.07) is 0.155. The average Bonchev–Trinajstić information content (AvgIpc) is 2.54. The first-order valence-electron chi connectivity index (χ1n) is 9.73. The molecule has 0 saturated carbocycles. The number of hydrogen-bond acceptors (Lipinski definition) is 4. The van der Waals surface area contributed by atoms with Crippen LogP contribution >= 0.6 is 8.25 Å². The number of likely N-dealkylation sites (N-methyl/N-ethyl adjacent to an activating group) is 1. The van der Waals surface area contributed by atoms with Gasteiger partial charge in [-0.05, 0) is 26.7 Å². The summed E-state index contributed by atoms with van der Waals surface area (Å²) in [5.41, 5.74) is 0. The van der Waals surface area contributed by atoms with Crippen LogP contribution in [0.25, 0.3) is 0 Å². The van der Waals surface area contributed by atoms with Gasteiger partial charge >= 0.3 is 8.25 Å². The molecule has 1 unspecified atom stereocenters. The van der Waals surface area contributed by atoms with E-state index in [1.165, 1.54) is 19.3 Å². The topological polar surface area (TPSA) is 55.8 Å². The Hall–Kier alpha value is -0.380. The summed E-state index contributed by atoms with van der Waals surface area (Å²) in [5, 5.41) is 0. The summed E-state index contributed by atoms with van der Waals surface area (Å²) < 4.78 is 22.2. The summed E-state index contributed by atoms with van der Waals surface area (Å²) >= 11 is 0. The summed E-state index contributed by atoms with van der Waals surface area (Å²) in [6.45, 7) is 9.03. The van der Waals surface area contributed by atoms with E-state index in [2.05, 4.69) is 20.8 Å². The van der Waals surface area contributed by atoms with Crippen LogP contribution in [0.1, 0.15) is 91.9 Å². The van der Waals surface area contributed by atoms with Crippen LogP contribution in [-0.4, -0.2) is 29.2 Å². The molecule has 1 atom stereocenters. The fourth-order valence-electron chi connectivity index (χ4n) is 3.25. The van der Waals surface area contributed by atoms with Crippen molar-refractivity contribution in [2.45, 2.75) is 104 Å². The Morgan fingerprint density at radius 3 is 2.08 bits per heavy atom. The maximum atomic E-state index is 13.0. The molecule has 0 N–H and O–H groups in total. The molecule has 0 radical (unpaired) electrons. The molecule has 1 heterocycles. The zero-order chi connectivity index (χ0) is 18.0. The second kappa shape index (κ2) is 11.3. The van der Waals surface area contributed by atoms with Crippen LogP contribution < -0.4 is 0 Å². The van der Waals surface area contributed by atoms with Gasteiger partial charge in [0.05, 0.1) is 0 Å². The zero-order valence-electron chi connectivity index (χ0n) is 15.9. The van der Waals surface area contributed by atoms with Gasteiger partial charge in [-0.25, -0.2) is 0 Å². The molecule has 0 bridgehead atoms. The molecule has 5 nitrogen and oxygen atoms in total. The van der Waals surface area contributed by atoms with Gasteiger partial charge < -0.3 is 4.90 Å². The van der Waals surface area contributed by atoms with Gasteiger partial charge in [0.1, 0.15) is 0 Å². The fraction of sp³-hybridized carbons (Fsp3) is 0.944. The van der Waals surface area contributed by atoms with Gasteiger partial charge in [-0.15, -0.1) is 0 Å². The minimum Gasteiger partial charge on any atom is -0.336 e. The molecule has 1 rings (SSSR count). The molecular weight excluding hydrogens is 325 g/mol. The van der Waals surface area contributed by atoms with Gasteiger partial charge in [0.25, 0.3) is 11.7 Å². The van der Waals surface area contributed by atoms with E-state index in [1.807, 2.05) is 11.8 Å². The molecule has 1 saturated heterocycles. The number of carbonyl (C=O) groups is 1. The lowest BCUT2D eigenvalue weighted by atomic mass is 10.0. The summed E-state index contributed by atoms with van der Waals surface area (Å²) in [6.07, 6.45) is 10.4. The molecule has 0 aromatic heterocycles. The number of unbranched alkanes of at least 4 members (excludes halogenated alkanes) is 6. The van der Waals surface area contributed by atoms with Gasteiger partial charge in [0.15, 0.2) is 0 Å². The lowest BCUT2D eigenvalue weighted by molar-refractivity contribution is -0.212. The van der Waals surface area contributed by atoms with Crippen molar-refractivity contribution in [1.82, 2.24) is 4.90 Å². The Labute approximate surface area is 148 Å². The molecule has 6 heteroatoms. The van der Waals surface area contributed by atoms with E-state index in [0.717, 1.165) is 38.5 Å². The van der Waals surface area contributed by atoms with Crippen molar-refractivity contribution in [2.24, 2.45) is 0 Å². The van der Waals surface area contributed by atoms with Crippen molar-refractivity contribution in [1.29, 1.82) is 0 Å². The van der Waals surface area contributed by atoms with Crippen LogP contribution in [0.2, 0.25) is 0 Å². The van der Waals surface area contributed by atoms with Gasteiger partial charge in [-0.2, -0.15) is 0 Å². The van der Waals surface area contributed by atoms with E-state index in [0.29, 0.717) is 13.0 Å². The maximum Gasteiger partial charge on any atom is 0.325 e. The molecule has 0 aromatic rings. The Balaban J connectivity index is 2.60. The number of hydrogen-bond donors (Lipinski definition) is 0. The monoisotopic (exact) mass is 361 g/mol. The van der Waals surface area contributed by atoms with Gasteiger partial charge in [0, 0.05) is 19.0 Å². The van der Waals surface area contributed by atoms with E-state index in [9.17, 15) is 9.36 Å². The van der Waals surface area contributed by atoms with E-state index in [1.54, 1.807) is 0 Å². The highest BCUT2D eigenvalue weighted by Gasteiger charge is 2.53. The van der Waals surface area contributed by atoms with Gasteiger partial charge in [-0.1, -0.05) is 58.8 Å². The number of amides is 1. The summed E-state index contributed by atoms with van der Waals surface area (Å²) in [5.74, 6) is -1.42. The Morgan fingerprint density at radius 2 is 1.58 bits per heavy atom. The van der Waals surface area contributed by atoms with Crippen LogP contribution in [-0.2, 0) is 18.4 Å². The number of rotatable bonds is 13. The third-order valence-electron chi connectivity index (χ3n) is 4.79. The van der Waals surface area contributed by atoms with Crippen LogP contribution in [0, 0.1) is 0 Å². The molecule has 1 aliphatic heterocycles. The van der Waals surface area contributed by atoms with Crippen molar-refractivity contribution in [3.05, 3.63) is 0 Å². The second-order valence-corrected chi connectivity index (χ2v) is 7.72. The molecule has 1 aliphatic rings. The predicted octanol–water partition coefficient (Wildman–Crippen LogP) is 5.30. The van der Waals surface area contributed by atoms with Crippen molar-refractivity contribution in [2.75, 3.05) is 6.54 Å². The SMILES string of the molecule is CCCCCCC(C)N(CC)C(=O)C1(CCCCCC)O[PH](=O)O1. The van der Waals surface area contributed by atoms with E-state index in [4.69, 9.17) is 9.05 Å². The largest absolute Gasteiger partial charge is 0.336 e. The normalized spacial score (nSPS) is 24.4. The third kappa shape index (κ3) is 6.16. The van der Waals surface area contributed by atoms with Crippen LogP contribution in [0.3, 0.4) is 0 Å². The molecule has 0 aromatic carbocycles. The molecule has 0 spiro atoms. The van der Waals surface area contributed by atoms with Gasteiger partial charge in [-0.3, -0.25) is 18.4 Å². The molecule has 142 valence electrons. The Morgan fingerprint density at radius 1 is 1.00 bits per heavy atom. The molecule has 1 amide bonds. The van der Waals surface area contributed by atoms with Crippen molar-refractivity contribution < 1.29 is 18.4 Å².